The Morgan fingerprint density at radius 1 is 1.21 bits per heavy atom. The van der Waals surface area contributed by atoms with Crippen molar-refractivity contribution in [1.82, 2.24) is 29.9 Å². The minimum atomic E-state index is 0.591. The Bertz CT molecular complexity index is 864. The molecule has 1 aliphatic rings. The molecule has 0 aliphatic carbocycles. The smallest absolute Gasteiger partial charge is 0.276 e. The van der Waals surface area contributed by atoms with Crippen LogP contribution in [0.2, 0.25) is 0 Å². The van der Waals surface area contributed by atoms with Gasteiger partial charge >= 0.3 is 0 Å². The number of hydrogen-bond acceptors (Lipinski definition) is 7. The molecule has 3 aromatic heterocycles. The van der Waals surface area contributed by atoms with Crippen LogP contribution in [0, 0.1) is 0 Å². The van der Waals surface area contributed by atoms with Crippen LogP contribution in [-0.4, -0.2) is 56.1 Å². The number of fused-ring (bicyclic) bond motifs is 5. The molecule has 0 spiro atoms. The van der Waals surface area contributed by atoms with Gasteiger partial charge in [0, 0.05) is 31.1 Å². The Morgan fingerprint density at radius 3 is 2.79 bits per heavy atom. The third-order valence-electron chi connectivity index (χ3n) is 4.80. The number of anilines is 1. The molecule has 0 bridgehead atoms. The Balaban J connectivity index is 1.94. The number of aromatic nitrogens is 5. The summed E-state index contributed by atoms with van der Waals surface area (Å²) in [6, 6.07) is 0. The predicted molar refractivity (Wildman–Crippen MR) is 96.8 cm³/mol. The summed E-state index contributed by atoms with van der Waals surface area (Å²) in [7, 11) is 0. The van der Waals surface area contributed by atoms with Gasteiger partial charge in [-0.25, -0.2) is 0 Å². The van der Waals surface area contributed by atoms with E-state index in [1.807, 2.05) is 11.3 Å². The van der Waals surface area contributed by atoms with Crippen molar-refractivity contribution >= 4 is 33.1 Å². The Hall–Kier alpha value is -1.80. The fourth-order valence-corrected chi connectivity index (χ4v) is 4.94. The van der Waals surface area contributed by atoms with E-state index in [4.69, 9.17) is 4.98 Å². The molecule has 1 aliphatic heterocycles. The third-order valence-corrected chi connectivity index (χ3v) is 5.99. The minimum absolute atomic E-state index is 0.591. The molecule has 8 heteroatoms. The molecule has 0 atom stereocenters. The molecule has 4 heterocycles. The first-order valence-corrected chi connectivity index (χ1v) is 9.58. The van der Waals surface area contributed by atoms with Crippen LogP contribution in [0.15, 0.2) is 0 Å². The van der Waals surface area contributed by atoms with Crippen molar-refractivity contribution in [2.24, 2.45) is 0 Å². The second-order valence-electron chi connectivity index (χ2n) is 6.21. The molecule has 0 amide bonds. The maximum absolute atomic E-state index is 4.79. The maximum atomic E-state index is 4.79. The highest BCUT2D eigenvalue weighted by atomic mass is 32.1. The van der Waals surface area contributed by atoms with Crippen molar-refractivity contribution in [3.05, 3.63) is 10.4 Å². The molecule has 0 radical (unpaired) electrons. The van der Waals surface area contributed by atoms with Gasteiger partial charge in [-0.3, -0.25) is 4.90 Å². The highest BCUT2D eigenvalue weighted by molar-refractivity contribution is 7.19. The van der Waals surface area contributed by atoms with E-state index in [-0.39, 0.29) is 0 Å². The predicted octanol–water partition coefficient (Wildman–Crippen LogP) is 2.35. The van der Waals surface area contributed by atoms with Crippen LogP contribution >= 0.6 is 11.3 Å². The van der Waals surface area contributed by atoms with E-state index >= 15 is 0 Å². The van der Waals surface area contributed by atoms with Gasteiger partial charge in [0.1, 0.15) is 10.6 Å². The lowest BCUT2D eigenvalue weighted by Crippen LogP contribution is -2.30. The lowest BCUT2D eigenvalue weighted by molar-refractivity contribution is 0.258. The standard InChI is InChI=1S/C16H23N7S/c1-4-8-21-9-7-11-12(10-21)24-15-13(11)14(22(5-2)6-3)17-16-18-19-20-23(15)16/h4-10H2,1-3H3. The quantitative estimate of drug-likeness (QED) is 0.707. The third kappa shape index (κ3) is 2.36. The second-order valence-corrected chi connectivity index (χ2v) is 7.29. The largest absolute Gasteiger partial charge is 0.356 e. The van der Waals surface area contributed by atoms with Crippen molar-refractivity contribution in [2.45, 2.75) is 40.2 Å². The van der Waals surface area contributed by atoms with E-state index in [9.17, 15) is 0 Å². The molecule has 0 N–H and O–H groups in total. The number of hydrogen-bond donors (Lipinski definition) is 0. The first-order chi connectivity index (χ1) is 11.8. The maximum Gasteiger partial charge on any atom is 0.276 e. The van der Waals surface area contributed by atoms with Gasteiger partial charge in [-0.05, 0) is 49.2 Å². The zero-order valence-electron chi connectivity index (χ0n) is 14.5. The van der Waals surface area contributed by atoms with E-state index in [2.05, 4.69) is 46.1 Å². The average Bonchev–Trinajstić information content (AvgIpc) is 3.19. The lowest BCUT2D eigenvalue weighted by atomic mass is 10.0. The molecule has 0 aromatic carbocycles. The topological polar surface area (TPSA) is 62.5 Å². The van der Waals surface area contributed by atoms with Crippen molar-refractivity contribution in [1.29, 1.82) is 0 Å². The van der Waals surface area contributed by atoms with Gasteiger partial charge in [-0.2, -0.15) is 9.50 Å². The van der Waals surface area contributed by atoms with Crippen molar-refractivity contribution in [3.63, 3.8) is 0 Å². The summed E-state index contributed by atoms with van der Waals surface area (Å²) in [4.78, 5) is 12.2. The monoisotopic (exact) mass is 345 g/mol. The summed E-state index contributed by atoms with van der Waals surface area (Å²) in [6.07, 6.45) is 2.28. The normalized spacial score (nSPS) is 15.3. The molecular weight excluding hydrogens is 322 g/mol. The summed E-state index contributed by atoms with van der Waals surface area (Å²) in [5, 5.41) is 13.4. The molecule has 3 aromatic rings. The highest BCUT2D eigenvalue weighted by Gasteiger charge is 2.26. The molecule has 128 valence electrons. The van der Waals surface area contributed by atoms with Gasteiger partial charge in [-0.15, -0.1) is 11.3 Å². The number of nitrogens with zero attached hydrogens (tertiary/aromatic N) is 7. The fraction of sp³-hybridized carbons (Fsp3) is 0.625. The summed E-state index contributed by atoms with van der Waals surface area (Å²) >= 11 is 1.83. The first kappa shape index (κ1) is 15.7. The molecule has 0 saturated carbocycles. The number of thiophene rings is 1. The molecule has 0 fully saturated rings. The van der Waals surface area contributed by atoms with Gasteiger partial charge in [-0.1, -0.05) is 12.0 Å². The van der Waals surface area contributed by atoms with Crippen LogP contribution in [0.1, 0.15) is 37.6 Å². The molecule has 24 heavy (non-hydrogen) atoms. The molecule has 0 saturated heterocycles. The van der Waals surface area contributed by atoms with Crippen LogP contribution in [0.4, 0.5) is 5.82 Å². The van der Waals surface area contributed by atoms with E-state index in [0.29, 0.717) is 5.78 Å². The van der Waals surface area contributed by atoms with Crippen LogP contribution < -0.4 is 4.90 Å². The van der Waals surface area contributed by atoms with Gasteiger partial charge in [0.25, 0.3) is 5.78 Å². The highest BCUT2D eigenvalue weighted by Crippen LogP contribution is 2.39. The molecule has 7 nitrogen and oxygen atoms in total. The van der Waals surface area contributed by atoms with Gasteiger partial charge in [0.05, 0.1) is 5.39 Å². The lowest BCUT2D eigenvalue weighted by Gasteiger charge is -2.27. The van der Waals surface area contributed by atoms with Gasteiger partial charge in [0.2, 0.25) is 0 Å². The van der Waals surface area contributed by atoms with E-state index in [0.717, 1.165) is 49.8 Å². The van der Waals surface area contributed by atoms with Crippen LogP contribution in [0.25, 0.3) is 16.0 Å². The molecule has 0 unspecified atom stereocenters. The van der Waals surface area contributed by atoms with Crippen molar-refractivity contribution < 1.29 is 0 Å². The Labute approximate surface area is 145 Å². The van der Waals surface area contributed by atoms with Crippen LogP contribution in [0.3, 0.4) is 0 Å². The van der Waals surface area contributed by atoms with E-state index in [1.165, 1.54) is 22.2 Å². The van der Waals surface area contributed by atoms with E-state index < -0.39 is 0 Å². The summed E-state index contributed by atoms with van der Waals surface area (Å²) < 4.78 is 1.80. The minimum Gasteiger partial charge on any atom is -0.356 e. The summed E-state index contributed by atoms with van der Waals surface area (Å²) in [6.45, 7) is 11.8. The zero-order chi connectivity index (χ0) is 16.7. The molecular formula is C16H23N7S. The number of tetrazole rings is 1. The average molecular weight is 345 g/mol. The zero-order valence-corrected chi connectivity index (χ0v) is 15.3. The second kappa shape index (κ2) is 6.25. The number of rotatable bonds is 5. The van der Waals surface area contributed by atoms with Crippen molar-refractivity contribution in [3.8, 4) is 0 Å². The van der Waals surface area contributed by atoms with Crippen LogP contribution in [-0.2, 0) is 13.0 Å². The Morgan fingerprint density at radius 2 is 2.04 bits per heavy atom. The van der Waals surface area contributed by atoms with Gasteiger partial charge in [0.15, 0.2) is 0 Å². The van der Waals surface area contributed by atoms with E-state index in [1.54, 1.807) is 4.52 Å². The summed E-state index contributed by atoms with van der Waals surface area (Å²) in [5.74, 6) is 1.63. The van der Waals surface area contributed by atoms with Crippen molar-refractivity contribution in [2.75, 3.05) is 31.1 Å². The fourth-order valence-electron chi connectivity index (χ4n) is 3.61. The SMILES string of the molecule is CCCN1CCc2c(sc3c2c(N(CC)CC)nc2nnnn23)C1. The summed E-state index contributed by atoms with van der Waals surface area (Å²) in [5.41, 5.74) is 1.45. The molecule has 4 rings (SSSR count). The first-order valence-electron chi connectivity index (χ1n) is 8.76. The van der Waals surface area contributed by atoms with Gasteiger partial charge < -0.3 is 4.90 Å². The Kier molecular flexibility index (Phi) is 4.09. The van der Waals surface area contributed by atoms with Crippen LogP contribution in [0.5, 0.6) is 0 Å².